The highest BCUT2D eigenvalue weighted by atomic mass is 14.1. The third kappa shape index (κ3) is 3.36. The Labute approximate surface area is 155 Å². The molecule has 0 radical (unpaired) electrons. The van der Waals surface area contributed by atoms with Gasteiger partial charge in [-0.25, -0.2) is 0 Å². The van der Waals surface area contributed by atoms with Crippen molar-refractivity contribution in [3.8, 4) is 33.4 Å². The summed E-state index contributed by atoms with van der Waals surface area (Å²) < 4.78 is 0. The molecule has 124 valence electrons. The first kappa shape index (κ1) is 16.1. The molecule has 0 heteroatoms. The van der Waals surface area contributed by atoms with Gasteiger partial charge in [-0.05, 0) is 38.9 Å². The minimum absolute atomic E-state index is 1.14. The Morgan fingerprint density at radius 2 is 0.692 bits per heavy atom. The zero-order valence-electron chi connectivity index (χ0n) is 14.6. The van der Waals surface area contributed by atoms with Crippen LogP contribution < -0.4 is 0 Å². The Morgan fingerprint density at radius 1 is 0.385 bits per heavy atom. The molecule has 0 unspecified atom stereocenters. The SMILES string of the molecule is C=Cc1ccc(-c2ccc(-c3ccc(-c4ccccc4)cc3)cc2)cc1. The van der Waals surface area contributed by atoms with Crippen LogP contribution in [0, 0.1) is 0 Å². The molecule has 4 aromatic rings. The molecule has 0 saturated carbocycles. The first-order valence-corrected chi connectivity index (χ1v) is 8.82. The second-order valence-corrected chi connectivity index (χ2v) is 6.35. The summed E-state index contributed by atoms with van der Waals surface area (Å²) in [5.74, 6) is 0. The summed E-state index contributed by atoms with van der Waals surface area (Å²) in [7, 11) is 0. The average Bonchev–Trinajstić information content (AvgIpc) is 2.75. The van der Waals surface area contributed by atoms with Gasteiger partial charge in [0, 0.05) is 0 Å². The lowest BCUT2D eigenvalue weighted by Crippen LogP contribution is -1.82. The molecule has 0 atom stereocenters. The van der Waals surface area contributed by atoms with E-state index in [0.717, 1.165) is 5.56 Å². The zero-order valence-corrected chi connectivity index (χ0v) is 14.6. The molecular formula is C26H20. The summed E-state index contributed by atoms with van der Waals surface area (Å²) in [6.07, 6.45) is 1.87. The zero-order chi connectivity index (χ0) is 17.8. The molecule has 0 fully saturated rings. The summed E-state index contributed by atoms with van der Waals surface area (Å²) >= 11 is 0. The Balaban J connectivity index is 1.57. The first-order chi connectivity index (χ1) is 12.8. The van der Waals surface area contributed by atoms with Crippen molar-refractivity contribution in [3.05, 3.63) is 115 Å². The second-order valence-electron chi connectivity index (χ2n) is 6.35. The largest absolute Gasteiger partial charge is 0.0985 e. The van der Waals surface area contributed by atoms with E-state index in [4.69, 9.17) is 0 Å². The van der Waals surface area contributed by atoms with Gasteiger partial charge in [0.1, 0.15) is 0 Å². The van der Waals surface area contributed by atoms with E-state index in [1.165, 1.54) is 33.4 Å². The van der Waals surface area contributed by atoms with Crippen molar-refractivity contribution in [1.29, 1.82) is 0 Å². The van der Waals surface area contributed by atoms with Crippen LogP contribution in [0.2, 0.25) is 0 Å². The van der Waals surface area contributed by atoms with Crippen LogP contribution in [-0.2, 0) is 0 Å². The fourth-order valence-electron chi connectivity index (χ4n) is 3.15. The number of benzene rings is 4. The maximum absolute atomic E-state index is 3.80. The van der Waals surface area contributed by atoms with E-state index in [2.05, 4.69) is 104 Å². The standard InChI is InChI=1S/C26H20/c1-2-20-8-10-22(11-9-20)24-16-18-26(19-17-24)25-14-12-23(13-15-25)21-6-4-3-5-7-21/h2-19H,1H2. The lowest BCUT2D eigenvalue weighted by molar-refractivity contribution is 1.57. The second kappa shape index (κ2) is 7.25. The van der Waals surface area contributed by atoms with Gasteiger partial charge in [-0.3, -0.25) is 0 Å². The highest BCUT2D eigenvalue weighted by Gasteiger charge is 2.02. The molecule has 0 aliphatic heterocycles. The molecule has 0 N–H and O–H groups in total. The quantitative estimate of drug-likeness (QED) is 0.367. The van der Waals surface area contributed by atoms with Crippen molar-refractivity contribution >= 4 is 6.08 Å². The van der Waals surface area contributed by atoms with Gasteiger partial charge in [0.25, 0.3) is 0 Å². The highest BCUT2D eigenvalue weighted by molar-refractivity contribution is 5.73. The highest BCUT2D eigenvalue weighted by Crippen LogP contribution is 2.27. The van der Waals surface area contributed by atoms with Crippen LogP contribution in [0.5, 0.6) is 0 Å². The van der Waals surface area contributed by atoms with Crippen molar-refractivity contribution in [2.24, 2.45) is 0 Å². The molecule has 0 aliphatic rings. The molecule has 4 aromatic carbocycles. The van der Waals surface area contributed by atoms with Crippen molar-refractivity contribution < 1.29 is 0 Å². The van der Waals surface area contributed by atoms with E-state index in [9.17, 15) is 0 Å². The van der Waals surface area contributed by atoms with Crippen molar-refractivity contribution in [1.82, 2.24) is 0 Å². The van der Waals surface area contributed by atoms with Crippen LogP contribution in [0.3, 0.4) is 0 Å². The summed E-state index contributed by atoms with van der Waals surface area (Å²) in [5, 5.41) is 0. The Bertz CT molecular complexity index is 990. The van der Waals surface area contributed by atoms with E-state index >= 15 is 0 Å². The normalized spacial score (nSPS) is 10.5. The number of hydrogen-bond acceptors (Lipinski definition) is 0. The number of hydrogen-bond donors (Lipinski definition) is 0. The predicted molar refractivity (Wildman–Crippen MR) is 113 cm³/mol. The summed E-state index contributed by atoms with van der Waals surface area (Å²) in [6.45, 7) is 3.80. The van der Waals surface area contributed by atoms with Crippen molar-refractivity contribution in [2.75, 3.05) is 0 Å². The van der Waals surface area contributed by atoms with Gasteiger partial charge in [-0.2, -0.15) is 0 Å². The molecule has 0 aromatic heterocycles. The van der Waals surface area contributed by atoms with Crippen LogP contribution in [0.15, 0.2) is 110 Å². The third-order valence-electron chi connectivity index (χ3n) is 4.69. The molecule has 0 heterocycles. The van der Waals surface area contributed by atoms with E-state index in [-0.39, 0.29) is 0 Å². The van der Waals surface area contributed by atoms with E-state index < -0.39 is 0 Å². The van der Waals surface area contributed by atoms with Crippen LogP contribution in [-0.4, -0.2) is 0 Å². The smallest absolute Gasteiger partial charge is 0.0184 e. The number of rotatable bonds is 4. The fourth-order valence-corrected chi connectivity index (χ4v) is 3.15. The van der Waals surface area contributed by atoms with Gasteiger partial charge in [-0.1, -0.05) is 116 Å². The molecule has 0 saturated heterocycles. The summed E-state index contributed by atoms with van der Waals surface area (Å²) in [5.41, 5.74) is 8.55. The van der Waals surface area contributed by atoms with Crippen LogP contribution in [0.4, 0.5) is 0 Å². The monoisotopic (exact) mass is 332 g/mol. The summed E-state index contributed by atoms with van der Waals surface area (Å²) in [6, 6.07) is 36.4. The molecule has 26 heavy (non-hydrogen) atoms. The van der Waals surface area contributed by atoms with Crippen molar-refractivity contribution in [3.63, 3.8) is 0 Å². The molecule has 0 aliphatic carbocycles. The van der Waals surface area contributed by atoms with Crippen LogP contribution >= 0.6 is 0 Å². The molecule has 0 bridgehead atoms. The lowest BCUT2D eigenvalue weighted by Gasteiger charge is -2.07. The molecule has 4 rings (SSSR count). The Hall–Kier alpha value is -3.38. The Morgan fingerprint density at radius 3 is 1.04 bits per heavy atom. The molecule has 0 amide bonds. The van der Waals surface area contributed by atoms with Gasteiger partial charge in [0.2, 0.25) is 0 Å². The molecule has 0 spiro atoms. The predicted octanol–water partition coefficient (Wildman–Crippen LogP) is 7.33. The lowest BCUT2D eigenvalue weighted by atomic mass is 9.98. The van der Waals surface area contributed by atoms with E-state index in [1.54, 1.807) is 0 Å². The van der Waals surface area contributed by atoms with Gasteiger partial charge >= 0.3 is 0 Å². The maximum atomic E-state index is 3.80. The average molecular weight is 332 g/mol. The Kier molecular flexibility index (Phi) is 4.49. The van der Waals surface area contributed by atoms with Gasteiger partial charge in [0.05, 0.1) is 0 Å². The van der Waals surface area contributed by atoms with Crippen LogP contribution in [0.25, 0.3) is 39.5 Å². The third-order valence-corrected chi connectivity index (χ3v) is 4.69. The summed E-state index contributed by atoms with van der Waals surface area (Å²) in [4.78, 5) is 0. The maximum Gasteiger partial charge on any atom is -0.0184 e. The van der Waals surface area contributed by atoms with Gasteiger partial charge < -0.3 is 0 Å². The first-order valence-electron chi connectivity index (χ1n) is 8.82. The molecule has 0 nitrogen and oxygen atoms in total. The van der Waals surface area contributed by atoms with Gasteiger partial charge in [0.15, 0.2) is 0 Å². The van der Waals surface area contributed by atoms with E-state index in [1.807, 2.05) is 12.1 Å². The molecular weight excluding hydrogens is 312 g/mol. The minimum atomic E-state index is 1.14. The van der Waals surface area contributed by atoms with Crippen LogP contribution in [0.1, 0.15) is 5.56 Å². The van der Waals surface area contributed by atoms with Crippen molar-refractivity contribution in [2.45, 2.75) is 0 Å². The topological polar surface area (TPSA) is 0 Å². The van der Waals surface area contributed by atoms with Gasteiger partial charge in [-0.15, -0.1) is 0 Å². The van der Waals surface area contributed by atoms with E-state index in [0.29, 0.717) is 0 Å². The minimum Gasteiger partial charge on any atom is -0.0985 e. The fraction of sp³-hybridized carbons (Fsp3) is 0.